The van der Waals surface area contributed by atoms with Gasteiger partial charge in [-0.1, -0.05) is 18.2 Å². The number of aromatic amines is 2. The van der Waals surface area contributed by atoms with Gasteiger partial charge in [0, 0.05) is 42.6 Å². The highest BCUT2D eigenvalue weighted by Crippen LogP contribution is 2.32. The molecule has 3 heterocycles. The number of amides is 1. The summed E-state index contributed by atoms with van der Waals surface area (Å²) < 4.78 is 13.4. The van der Waals surface area contributed by atoms with Gasteiger partial charge in [-0.2, -0.15) is 0 Å². The molecule has 1 aliphatic rings. The predicted molar refractivity (Wildman–Crippen MR) is 143 cm³/mol. The van der Waals surface area contributed by atoms with Crippen LogP contribution in [0.15, 0.2) is 65.5 Å². The lowest BCUT2D eigenvalue weighted by Crippen LogP contribution is -2.47. The van der Waals surface area contributed by atoms with Gasteiger partial charge in [-0.05, 0) is 60.6 Å². The summed E-state index contributed by atoms with van der Waals surface area (Å²) in [6, 6.07) is 17.0. The molecule has 4 N–H and O–H groups in total. The number of carbonyl (C=O) groups excluding carboxylic acids is 1. The summed E-state index contributed by atoms with van der Waals surface area (Å²) in [5.41, 5.74) is 11.1. The van der Waals surface area contributed by atoms with Crippen molar-refractivity contribution in [3.63, 3.8) is 0 Å². The highest BCUT2D eigenvalue weighted by molar-refractivity contribution is 6.04. The number of fused-ring (bicyclic) bond motifs is 2. The van der Waals surface area contributed by atoms with E-state index in [9.17, 15) is 14.0 Å². The van der Waals surface area contributed by atoms with Gasteiger partial charge in [-0.25, -0.2) is 9.37 Å². The fourth-order valence-electron chi connectivity index (χ4n) is 4.80. The van der Waals surface area contributed by atoms with Crippen molar-refractivity contribution in [2.75, 3.05) is 39.0 Å². The molecule has 1 fully saturated rings. The number of nitrogen functional groups attached to an aromatic ring is 1. The molecule has 6 rings (SSSR count). The molecule has 0 atom stereocenters. The van der Waals surface area contributed by atoms with Crippen LogP contribution in [0.4, 0.5) is 10.1 Å². The zero-order chi connectivity index (χ0) is 25.7. The van der Waals surface area contributed by atoms with Gasteiger partial charge in [0.1, 0.15) is 5.82 Å². The standard InChI is InChI=1S/C28H25FN6O2/c1-34-10-12-35(13-11-34)28(37)18-5-8-21-20(14-18)24(30)25(31-21)26-27(36)33-22-9-4-17(15-23(22)32-26)16-2-6-19(29)7-3-16/h2-9,14-15,31H,10-13,30H2,1H3,(H,33,36). The number of piperazine rings is 1. The van der Waals surface area contributed by atoms with Crippen molar-refractivity contribution >= 4 is 33.5 Å². The molecule has 1 saturated heterocycles. The smallest absolute Gasteiger partial charge is 0.276 e. The zero-order valence-corrected chi connectivity index (χ0v) is 20.2. The van der Waals surface area contributed by atoms with E-state index in [1.807, 2.05) is 24.1 Å². The Labute approximate surface area is 211 Å². The van der Waals surface area contributed by atoms with Crippen molar-refractivity contribution in [1.29, 1.82) is 0 Å². The van der Waals surface area contributed by atoms with E-state index in [0.717, 1.165) is 24.2 Å². The lowest BCUT2D eigenvalue weighted by molar-refractivity contribution is 0.0664. The van der Waals surface area contributed by atoms with Crippen molar-refractivity contribution in [1.82, 2.24) is 24.8 Å². The van der Waals surface area contributed by atoms with Crippen LogP contribution >= 0.6 is 0 Å². The first-order chi connectivity index (χ1) is 17.9. The van der Waals surface area contributed by atoms with Gasteiger partial charge in [-0.3, -0.25) is 9.59 Å². The minimum absolute atomic E-state index is 0.0350. The number of anilines is 1. The van der Waals surface area contributed by atoms with Crippen LogP contribution in [0, 0.1) is 5.82 Å². The Balaban J connectivity index is 1.39. The number of carbonyl (C=O) groups is 1. The SMILES string of the molecule is CN1CCN(C(=O)c2ccc3[nH]c(-c4nc5cc(-c6ccc(F)cc6)ccc5[nH]c4=O)c(N)c3c2)CC1. The maximum atomic E-state index is 13.4. The summed E-state index contributed by atoms with van der Waals surface area (Å²) in [4.78, 5) is 40.8. The van der Waals surface area contributed by atoms with E-state index in [1.165, 1.54) is 12.1 Å². The zero-order valence-electron chi connectivity index (χ0n) is 20.2. The Morgan fingerprint density at radius 2 is 1.62 bits per heavy atom. The van der Waals surface area contributed by atoms with Crippen LogP contribution < -0.4 is 11.3 Å². The molecule has 0 aliphatic carbocycles. The molecular weight excluding hydrogens is 471 g/mol. The van der Waals surface area contributed by atoms with Crippen LogP contribution in [0.5, 0.6) is 0 Å². The van der Waals surface area contributed by atoms with E-state index in [2.05, 4.69) is 19.9 Å². The number of benzene rings is 3. The first-order valence-corrected chi connectivity index (χ1v) is 12.1. The Morgan fingerprint density at radius 3 is 2.38 bits per heavy atom. The van der Waals surface area contributed by atoms with Crippen molar-refractivity contribution in [3.05, 3.63) is 82.4 Å². The first-order valence-electron chi connectivity index (χ1n) is 12.1. The summed E-state index contributed by atoms with van der Waals surface area (Å²) in [5, 5.41) is 0.663. The Hall–Kier alpha value is -4.50. The largest absolute Gasteiger partial charge is 0.396 e. The number of rotatable bonds is 3. The number of hydrogen-bond donors (Lipinski definition) is 3. The molecule has 2 aromatic heterocycles. The molecule has 0 spiro atoms. The molecule has 9 heteroatoms. The monoisotopic (exact) mass is 496 g/mol. The number of aromatic nitrogens is 3. The number of nitrogens with one attached hydrogen (secondary N) is 2. The van der Waals surface area contributed by atoms with Crippen LogP contribution in [-0.4, -0.2) is 63.9 Å². The molecular formula is C28H25FN6O2. The summed E-state index contributed by atoms with van der Waals surface area (Å²) in [6.45, 7) is 3.03. The maximum absolute atomic E-state index is 13.4. The summed E-state index contributed by atoms with van der Waals surface area (Å²) in [5.74, 6) is -0.343. The molecule has 0 unspecified atom stereocenters. The molecule has 0 saturated carbocycles. The lowest BCUT2D eigenvalue weighted by Gasteiger charge is -2.32. The summed E-state index contributed by atoms with van der Waals surface area (Å²) >= 11 is 0. The van der Waals surface area contributed by atoms with E-state index in [0.29, 0.717) is 52.0 Å². The van der Waals surface area contributed by atoms with Crippen LogP contribution in [0.1, 0.15) is 10.4 Å². The van der Waals surface area contributed by atoms with Gasteiger partial charge in [0.05, 0.1) is 22.4 Å². The summed E-state index contributed by atoms with van der Waals surface area (Å²) in [6.07, 6.45) is 0. The molecule has 0 radical (unpaired) electrons. The Bertz CT molecular complexity index is 1720. The average Bonchev–Trinajstić information content (AvgIpc) is 3.24. The molecule has 186 valence electrons. The van der Waals surface area contributed by atoms with Gasteiger partial charge in [0.2, 0.25) is 0 Å². The number of hydrogen-bond acceptors (Lipinski definition) is 5. The second-order valence-electron chi connectivity index (χ2n) is 9.42. The van der Waals surface area contributed by atoms with Crippen molar-refractivity contribution in [3.8, 4) is 22.5 Å². The predicted octanol–water partition coefficient (Wildman–Crippen LogP) is 3.85. The third-order valence-corrected chi connectivity index (χ3v) is 6.98. The topological polar surface area (TPSA) is 111 Å². The fourth-order valence-corrected chi connectivity index (χ4v) is 4.80. The maximum Gasteiger partial charge on any atom is 0.276 e. The van der Waals surface area contributed by atoms with E-state index >= 15 is 0 Å². The number of nitrogens with zero attached hydrogens (tertiary/aromatic N) is 3. The van der Waals surface area contributed by atoms with E-state index in [4.69, 9.17) is 5.73 Å². The molecule has 1 aliphatic heterocycles. The highest BCUT2D eigenvalue weighted by Gasteiger charge is 2.22. The number of H-pyrrole nitrogens is 2. The molecule has 3 aromatic carbocycles. The number of likely N-dealkylation sites (N-methyl/N-ethyl adjacent to an activating group) is 1. The first kappa shape index (κ1) is 22.9. The van der Waals surface area contributed by atoms with Crippen molar-refractivity contribution in [2.45, 2.75) is 0 Å². The Kier molecular flexibility index (Phi) is 5.49. The fraction of sp³-hybridized carbons (Fsp3) is 0.179. The van der Waals surface area contributed by atoms with Gasteiger partial charge < -0.3 is 25.5 Å². The summed E-state index contributed by atoms with van der Waals surface area (Å²) in [7, 11) is 2.04. The second-order valence-corrected chi connectivity index (χ2v) is 9.42. The molecule has 0 bridgehead atoms. The van der Waals surface area contributed by atoms with E-state index < -0.39 is 0 Å². The number of nitrogens with two attached hydrogens (primary N) is 1. The normalized spacial score (nSPS) is 14.5. The van der Waals surface area contributed by atoms with E-state index in [1.54, 1.807) is 36.4 Å². The highest BCUT2D eigenvalue weighted by atomic mass is 19.1. The average molecular weight is 497 g/mol. The molecule has 37 heavy (non-hydrogen) atoms. The van der Waals surface area contributed by atoms with Crippen LogP contribution in [0.25, 0.3) is 44.5 Å². The third-order valence-electron chi connectivity index (χ3n) is 6.98. The Morgan fingerprint density at radius 1 is 0.919 bits per heavy atom. The van der Waals surface area contributed by atoms with Gasteiger partial charge in [0.15, 0.2) is 5.69 Å². The van der Waals surface area contributed by atoms with Crippen LogP contribution in [0.2, 0.25) is 0 Å². The van der Waals surface area contributed by atoms with Crippen molar-refractivity contribution < 1.29 is 9.18 Å². The van der Waals surface area contributed by atoms with Gasteiger partial charge in [-0.15, -0.1) is 0 Å². The van der Waals surface area contributed by atoms with Gasteiger partial charge in [0.25, 0.3) is 11.5 Å². The second kappa shape index (κ2) is 8.86. The van der Waals surface area contributed by atoms with Crippen molar-refractivity contribution in [2.24, 2.45) is 0 Å². The molecule has 5 aromatic rings. The quantitative estimate of drug-likeness (QED) is 0.351. The molecule has 1 amide bonds. The minimum Gasteiger partial charge on any atom is -0.396 e. The lowest BCUT2D eigenvalue weighted by atomic mass is 10.0. The van der Waals surface area contributed by atoms with Gasteiger partial charge >= 0.3 is 0 Å². The number of halogens is 1. The van der Waals surface area contributed by atoms with E-state index in [-0.39, 0.29) is 23.0 Å². The van der Waals surface area contributed by atoms with Crippen LogP contribution in [0.3, 0.4) is 0 Å². The minimum atomic E-state index is -0.381. The van der Waals surface area contributed by atoms with Crippen LogP contribution in [-0.2, 0) is 0 Å². The third kappa shape index (κ3) is 4.13. The molecule has 8 nitrogen and oxygen atoms in total.